The lowest BCUT2D eigenvalue weighted by molar-refractivity contribution is 0.477. The predicted molar refractivity (Wildman–Crippen MR) is 95.0 cm³/mol. The highest BCUT2D eigenvalue weighted by Gasteiger charge is 2.13. The van der Waals surface area contributed by atoms with Gasteiger partial charge in [0.05, 0.1) is 5.56 Å². The Morgan fingerprint density at radius 3 is 2.65 bits per heavy atom. The molecule has 0 radical (unpaired) electrons. The second-order valence-electron chi connectivity index (χ2n) is 5.87. The van der Waals surface area contributed by atoms with Crippen molar-refractivity contribution in [3.63, 3.8) is 0 Å². The summed E-state index contributed by atoms with van der Waals surface area (Å²) in [5, 5.41) is 13.9. The molecule has 23 heavy (non-hydrogen) atoms. The minimum absolute atomic E-state index is 0.0653. The van der Waals surface area contributed by atoms with Crippen molar-refractivity contribution in [3.05, 3.63) is 35.0 Å². The normalized spacial score (nSPS) is 12.4. The van der Waals surface area contributed by atoms with E-state index in [9.17, 15) is 5.11 Å². The molecule has 5 nitrogen and oxygen atoms in total. The molecule has 2 rings (SSSR count). The van der Waals surface area contributed by atoms with Crippen LogP contribution >= 0.6 is 11.6 Å². The van der Waals surface area contributed by atoms with Gasteiger partial charge in [-0.1, -0.05) is 32.4 Å². The molecule has 0 fully saturated rings. The molecule has 0 aliphatic rings. The van der Waals surface area contributed by atoms with Crippen LogP contribution in [0.25, 0.3) is 11.4 Å². The van der Waals surface area contributed by atoms with E-state index in [1.165, 1.54) is 0 Å². The fraction of sp³-hybridized carbons (Fsp3) is 0.412. The van der Waals surface area contributed by atoms with Gasteiger partial charge in [-0.05, 0) is 30.5 Å². The first-order valence-corrected chi connectivity index (χ1v) is 8.15. The Hall–Kier alpha value is -1.85. The van der Waals surface area contributed by atoms with Gasteiger partial charge in [0.1, 0.15) is 11.6 Å². The Bertz CT molecular complexity index is 676. The Kier molecular flexibility index (Phi) is 5.80. The highest BCUT2D eigenvalue weighted by Crippen LogP contribution is 2.31. The number of phenols is 1. The van der Waals surface area contributed by atoms with Crippen LogP contribution in [0.5, 0.6) is 5.75 Å². The summed E-state index contributed by atoms with van der Waals surface area (Å²) in [5.41, 5.74) is 7.36. The van der Waals surface area contributed by atoms with Crippen LogP contribution < -0.4 is 11.1 Å². The third-order valence-electron chi connectivity index (χ3n) is 3.61. The monoisotopic (exact) mass is 334 g/mol. The first-order valence-electron chi connectivity index (χ1n) is 7.78. The second kappa shape index (κ2) is 7.62. The zero-order chi connectivity index (χ0) is 17.0. The molecule has 0 saturated carbocycles. The minimum atomic E-state index is 0.0653. The van der Waals surface area contributed by atoms with Crippen LogP contribution in [0.4, 0.5) is 5.82 Å². The number of hydrogen-bond donors (Lipinski definition) is 3. The van der Waals surface area contributed by atoms with Gasteiger partial charge in [-0.15, -0.1) is 0 Å². The van der Waals surface area contributed by atoms with E-state index >= 15 is 0 Å². The Morgan fingerprint density at radius 1 is 1.26 bits per heavy atom. The number of nitrogens with two attached hydrogens (primary N) is 1. The molecule has 124 valence electrons. The molecular weight excluding hydrogens is 312 g/mol. The van der Waals surface area contributed by atoms with E-state index in [0.717, 1.165) is 12.1 Å². The standard InChI is InChI=1S/C17H23ClN4O/c1-4-12(19)9-20-16-8-14(10(2)3)21-17(22-16)13-7-11(18)5-6-15(13)23/h5-8,10,12,23H,4,9,19H2,1-3H3,(H,20,21,22)/t12-/m1/s1. The summed E-state index contributed by atoms with van der Waals surface area (Å²) in [6.45, 7) is 6.80. The number of rotatable bonds is 6. The van der Waals surface area contributed by atoms with Crippen LogP contribution in [0.3, 0.4) is 0 Å². The number of benzene rings is 1. The van der Waals surface area contributed by atoms with E-state index < -0.39 is 0 Å². The molecule has 0 spiro atoms. The average Bonchev–Trinajstić information content (AvgIpc) is 2.54. The first-order chi connectivity index (χ1) is 10.9. The van der Waals surface area contributed by atoms with Crippen molar-refractivity contribution in [1.82, 2.24) is 9.97 Å². The fourth-order valence-electron chi connectivity index (χ4n) is 2.04. The van der Waals surface area contributed by atoms with Gasteiger partial charge in [-0.3, -0.25) is 0 Å². The molecule has 0 unspecified atom stereocenters. The number of halogens is 1. The summed E-state index contributed by atoms with van der Waals surface area (Å²) in [5.74, 6) is 1.48. The van der Waals surface area contributed by atoms with Gasteiger partial charge in [-0.25, -0.2) is 9.97 Å². The Balaban J connectivity index is 2.42. The fourth-order valence-corrected chi connectivity index (χ4v) is 2.21. The first kappa shape index (κ1) is 17.5. The molecule has 0 bridgehead atoms. The van der Waals surface area contributed by atoms with Crippen molar-refractivity contribution >= 4 is 17.4 Å². The summed E-state index contributed by atoms with van der Waals surface area (Å²) >= 11 is 6.03. The molecule has 1 aromatic carbocycles. The second-order valence-corrected chi connectivity index (χ2v) is 6.30. The van der Waals surface area contributed by atoms with E-state index in [4.69, 9.17) is 17.3 Å². The molecule has 4 N–H and O–H groups in total. The third-order valence-corrected chi connectivity index (χ3v) is 3.84. The molecule has 6 heteroatoms. The number of nitrogens with one attached hydrogen (secondary N) is 1. The Labute approximate surface area is 141 Å². The van der Waals surface area contributed by atoms with Crippen molar-refractivity contribution in [3.8, 4) is 17.1 Å². The van der Waals surface area contributed by atoms with Crippen LogP contribution in [-0.2, 0) is 0 Å². The number of anilines is 1. The lowest BCUT2D eigenvalue weighted by Gasteiger charge is -2.14. The van der Waals surface area contributed by atoms with Gasteiger partial charge in [0.15, 0.2) is 5.82 Å². The highest BCUT2D eigenvalue weighted by molar-refractivity contribution is 6.30. The van der Waals surface area contributed by atoms with Crippen molar-refractivity contribution in [2.24, 2.45) is 5.73 Å². The number of hydrogen-bond acceptors (Lipinski definition) is 5. The molecule has 1 heterocycles. The maximum Gasteiger partial charge on any atom is 0.165 e. The van der Waals surface area contributed by atoms with E-state index in [2.05, 4.69) is 29.1 Å². The van der Waals surface area contributed by atoms with Gasteiger partial charge in [0.25, 0.3) is 0 Å². The van der Waals surface area contributed by atoms with Crippen LogP contribution in [0.2, 0.25) is 5.02 Å². The van der Waals surface area contributed by atoms with Gasteiger partial charge in [0.2, 0.25) is 0 Å². The topological polar surface area (TPSA) is 84.1 Å². The van der Waals surface area contributed by atoms with Crippen LogP contribution in [0.1, 0.15) is 38.8 Å². The van der Waals surface area contributed by atoms with Crippen molar-refractivity contribution in [2.45, 2.75) is 39.2 Å². The highest BCUT2D eigenvalue weighted by atomic mass is 35.5. The van der Waals surface area contributed by atoms with Gasteiger partial charge in [-0.2, -0.15) is 0 Å². The quantitative estimate of drug-likeness (QED) is 0.748. The molecular formula is C17H23ClN4O. The van der Waals surface area contributed by atoms with Gasteiger partial charge in [0, 0.05) is 29.4 Å². The molecule has 2 aromatic rings. The molecule has 0 saturated heterocycles. The third kappa shape index (κ3) is 4.56. The largest absolute Gasteiger partial charge is 0.507 e. The van der Waals surface area contributed by atoms with Crippen LogP contribution in [0, 0.1) is 0 Å². The van der Waals surface area contributed by atoms with Crippen molar-refractivity contribution in [2.75, 3.05) is 11.9 Å². The number of nitrogens with zero attached hydrogens (tertiary/aromatic N) is 2. The number of phenolic OH excluding ortho intramolecular Hbond substituents is 1. The zero-order valence-corrected chi connectivity index (χ0v) is 14.4. The SMILES string of the molecule is CC[C@@H](N)CNc1cc(C(C)C)nc(-c2cc(Cl)ccc2O)n1. The molecule has 1 aromatic heterocycles. The van der Waals surface area contributed by atoms with E-state index in [0.29, 0.717) is 28.8 Å². The maximum absolute atomic E-state index is 10.1. The molecule has 0 amide bonds. The number of aromatic hydroxyl groups is 1. The number of aromatic nitrogens is 2. The smallest absolute Gasteiger partial charge is 0.165 e. The predicted octanol–water partition coefficient (Wildman–Crippen LogP) is 3.78. The summed E-state index contributed by atoms with van der Waals surface area (Å²) in [7, 11) is 0. The van der Waals surface area contributed by atoms with Gasteiger partial charge >= 0.3 is 0 Å². The lowest BCUT2D eigenvalue weighted by Crippen LogP contribution is -2.28. The summed E-state index contributed by atoms with van der Waals surface area (Å²) in [6.07, 6.45) is 0.886. The summed E-state index contributed by atoms with van der Waals surface area (Å²) in [6, 6.07) is 6.82. The van der Waals surface area contributed by atoms with E-state index in [1.807, 2.05) is 13.0 Å². The minimum Gasteiger partial charge on any atom is -0.507 e. The zero-order valence-electron chi connectivity index (χ0n) is 13.7. The molecule has 0 aliphatic carbocycles. The maximum atomic E-state index is 10.1. The van der Waals surface area contributed by atoms with Gasteiger partial charge < -0.3 is 16.2 Å². The average molecular weight is 335 g/mol. The summed E-state index contributed by atoms with van der Waals surface area (Å²) in [4.78, 5) is 9.05. The lowest BCUT2D eigenvalue weighted by atomic mass is 10.1. The molecule has 0 aliphatic heterocycles. The van der Waals surface area contributed by atoms with E-state index in [1.54, 1.807) is 18.2 Å². The van der Waals surface area contributed by atoms with Crippen LogP contribution in [0.15, 0.2) is 24.3 Å². The molecule has 1 atom stereocenters. The van der Waals surface area contributed by atoms with E-state index in [-0.39, 0.29) is 17.7 Å². The summed E-state index contributed by atoms with van der Waals surface area (Å²) < 4.78 is 0. The van der Waals surface area contributed by atoms with Crippen LogP contribution in [-0.4, -0.2) is 27.7 Å². The Morgan fingerprint density at radius 2 is 2.00 bits per heavy atom. The van der Waals surface area contributed by atoms with Crippen molar-refractivity contribution in [1.29, 1.82) is 0 Å². The van der Waals surface area contributed by atoms with Crippen molar-refractivity contribution < 1.29 is 5.11 Å².